The van der Waals surface area contributed by atoms with Crippen LogP contribution in [0.2, 0.25) is 0 Å². The Bertz CT molecular complexity index is 1360. The van der Waals surface area contributed by atoms with E-state index < -0.39 is 57.2 Å². The molecule has 322 valence electrons. The second-order valence-electron chi connectivity index (χ2n) is 14.4. The van der Waals surface area contributed by atoms with E-state index in [1.807, 2.05) is 12.2 Å². The molecule has 0 bridgehead atoms. The molecule has 0 heterocycles. The van der Waals surface area contributed by atoms with Gasteiger partial charge in [0.05, 0.1) is 18.8 Å². The van der Waals surface area contributed by atoms with E-state index in [9.17, 15) is 29.2 Å². The van der Waals surface area contributed by atoms with Crippen LogP contribution in [0.3, 0.4) is 0 Å². The average molecular weight is 819 g/mol. The van der Waals surface area contributed by atoms with Gasteiger partial charge in [0.2, 0.25) is 0 Å². The molecule has 1 rings (SSSR count). The molecule has 0 aromatic rings. The summed E-state index contributed by atoms with van der Waals surface area (Å²) in [6.07, 6.45) is 39.5. The van der Waals surface area contributed by atoms with Crippen molar-refractivity contribution in [3.05, 3.63) is 85.1 Å². The standard InChI is InChI=1S/C45H71O11P/c1-3-5-7-8-9-10-11-12-13-14-15-16-17-18-19-20-21-22-28-32-45(50)56-39(37-55-57(51,52)53)36-54-44(49)31-27-24-23-26-30-40-41(43(48)35-42(40)47)34-33-38(46)29-25-6-4-2/h5,7,9-10,12-13,15-16,18-19,23,26,33-34,38-42,46-47H,3-4,6,8,11,14,17,20-22,24-25,27-32,35-37H2,1-2H3,(H2,51,52,53)/b7-5-,10-9-,13-12-,16-15-,19-18-,26-23-,34-33+/t38-,39+,40+,41+,42-/m0/s1. The summed E-state index contributed by atoms with van der Waals surface area (Å²) in [4.78, 5) is 55.5. The number of hydrogen-bond donors (Lipinski definition) is 4. The van der Waals surface area contributed by atoms with Crippen LogP contribution >= 0.6 is 7.82 Å². The Hall–Kier alpha value is -3.18. The van der Waals surface area contributed by atoms with E-state index in [2.05, 4.69) is 79.1 Å². The van der Waals surface area contributed by atoms with Gasteiger partial charge >= 0.3 is 19.8 Å². The molecular weight excluding hydrogens is 747 g/mol. The number of ketones is 1. The smallest absolute Gasteiger partial charge is 0.462 e. The number of aliphatic hydroxyl groups excluding tert-OH is 2. The van der Waals surface area contributed by atoms with Crippen LogP contribution in [-0.4, -0.2) is 69.2 Å². The van der Waals surface area contributed by atoms with Crippen LogP contribution in [0.25, 0.3) is 0 Å². The Labute approximate surface area is 342 Å². The maximum atomic E-state index is 12.5. The van der Waals surface area contributed by atoms with Crippen molar-refractivity contribution in [1.29, 1.82) is 0 Å². The highest BCUT2D eigenvalue weighted by atomic mass is 31.2. The van der Waals surface area contributed by atoms with Gasteiger partial charge in [-0.15, -0.1) is 0 Å². The van der Waals surface area contributed by atoms with Crippen LogP contribution in [-0.2, 0) is 32.9 Å². The maximum absolute atomic E-state index is 12.5. The fourth-order valence-electron chi connectivity index (χ4n) is 6.08. The first-order valence-corrected chi connectivity index (χ1v) is 22.5. The number of hydrogen-bond acceptors (Lipinski definition) is 9. The van der Waals surface area contributed by atoms with Crippen molar-refractivity contribution in [3.8, 4) is 0 Å². The van der Waals surface area contributed by atoms with Gasteiger partial charge in [-0.2, -0.15) is 0 Å². The summed E-state index contributed by atoms with van der Waals surface area (Å²) >= 11 is 0. The number of carbonyl (C=O) groups is 3. The number of carbonyl (C=O) groups excluding carboxylic acids is 3. The lowest BCUT2D eigenvalue weighted by Crippen LogP contribution is -2.29. The van der Waals surface area contributed by atoms with Gasteiger partial charge in [0.1, 0.15) is 12.4 Å². The second-order valence-corrected chi connectivity index (χ2v) is 15.6. The molecule has 11 nitrogen and oxygen atoms in total. The number of allylic oxidation sites excluding steroid dienone is 13. The molecular formula is C45H71O11P. The molecule has 1 aliphatic rings. The number of ether oxygens (including phenoxy) is 2. The van der Waals surface area contributed by atoms with E-state index in [0.29, 0.717) is 32.1 Å². The van der Waals surface area contributed by atoms with Gasteiger partial charge in [0.25, 0.3) is 0 Å². The third kappa shape index (κ3) is 29.7. The third-order valence-electron chi connectivity index (χ3n) is 9.27. The fraction of sp³-hybridized carbons (Fsp3) is 0.622. The van der Waals surface area contributed by atoms with Crippen LogP contribution in [0.15, 0.2) is 85.1 Å². The summed E-state index contributed by atoms with van der Waals surface area (Å²) in [5.74, 6) is -1.89. The van der Waals surface area contributed by atoms with Crippen molar-refractivity contribution in [2.75, 3.05) is 13.2 Å². The summed E-state index contributed by atoms with van der Waals surface area (Å²) in [7, 11) is -4.84. The summed E-state index contributed by atoms with van der Waals surface area (Å²) in [5, 5.41) is 20.6. The first kappa shape index (κ1) is 51.8. The van der Waals surface area contributed by atoms with Gasteiger partial charge in [-0.05, 0) is 77.0 Å². The molecule has 12 heteroatoms. The molecule has 4 N–H and O–H groups in total. The number of esters is 2. The zero-order chi connectivity index (χ0) is 42.0. The van der Waals surface area contributed by atoms with Crippen molar-refractivity contribution in [3.63, 3.8) is 0 Å². The predicted molar refractivity (Wildman–Crippen MR) is 226 cm³/mol. The minimum atomic E-state index is -4.84. The van der Waals surface area contributed by atoms with Crippen LogP contribution < -0.4 is 0 Å². The monoisotopic (exact) mass is 818 g/mol. The van der Waals surface area contributed by atoms with Gasteiger partial charge in [0.15, 0.2) is 6.10 Å². The minimum Gasteiger partial charge on any atom is -0.462 e. The fourth-order valence-corrected chi connectivity index (χ4v) is 6.45. The maximum Gasteiger partial charge on any atom is 0.469 e. The molecule has 0 unspecified atom stereocenters. The molecule has 0 saturated heterocycles. The molecule has 0 aliphatic heterocycles. The highest BCUT2D eigenvalue weighted by Gasteiger charge is 2.39. The number of phosphoric acid groups is 1. The summed E-state index contributed by atoms with van der Waals surface area (Å²) in [6, 6.07) is 0. The van der Waals surface area contributed by atoms with Gasteiger partial charge in [-0.25, -0.2) is 4.57 Å². The largest absolute Gasteiger partial charge is 0.469 e. The zero-order valence-electron chi connectivity index (χ0n) is 34.4. The van der Waals surface area contributed by atoms with Gasteiger partial charge in [-0.1, -0.05) is 125 Å². The number of Topliss-reactive ketones (excluding diaryl/α,β-unsaturated/α-hetero) is 1. The van der Waals surface area contributed by atoms with E-state index in [1.54, 1.807) is 12.2 Å². The van der Waals surface area contributed by atoms with Crippen LogP contribution in [0.4, 0.5) is 0 Å². The molecule has 57 heavy (non-hydrogen) atoms. The third-order valence-corrected chi connectivity index (χ3v) is 9.76. The van der Waals surface area contributed by atoms with Crippen molar-refractivity contribution in [2.45, 2.75) is 154 Å². The van der Waals surface area contributed by atoms with E-state index in [1.165, 1.54) is 0 Å². The minimum absolute atomic E-state index is 0.0381. The molecule has 1 aliphatic carbocycles. The van der Waals surface area contributed by atoms with Crippen LogP contribution in [0.5, 0.6) is 0 Å². The van der Waals surface area contributed by atoms with E-state index in [-0.39, 0.29) is 31.0 Å². The molecule has 0 radical (unpaired) electrons. The number of aliphatic hydroxyl groups is 2. The van der Waals surface area contributed by atoms with E-state index in [4.69, 9.17) is 19.3 Å². The zero-order valence-corrected chi connectivity index (χ0v) is 35.3. The number of rotatable bonds is 33. The van der Waals surface area contributed by atoms with Gasteiger partial charge in [0, 0.05) is 31.1 Å². The lowest BCUT2D eigenvalue weighted by Gasteiger charge is -2.18. The van der Waals surface area contributed by atoms with Crippen molar-refractivity contribution >= 4 is 25.5 Å². The summed E-state index contributed by atoms with van der Waals surface area (Å²) in [5.41, 5.74) is 0. The second kappa shape index (κ2) is 33.8. The highest BCUT2D eigenvalue weighted by molar-refractivity contribution is 7.46. The highest BCUT2D eigenvalue weighted by Crippen LogP contribution is 2.36. The van der Waals surface area contributed by atoms with Crippen molar-refractivity contribution in [2.24, 2.45) is 11.8 Å². The molecule has 0 amide bonds. The van der Waals surface area contributed by atoms with Crippen LogP contribution in [0, 0.1) is 11.8 Å². The Kier molecular flexibility index (Phi) is 30.7. The first-order chi connectivity index (χ1) is 27.5. The molecule has 0 aromatic heterocycles. The predicted octanol–water partition coefficient (Wildman–Crippen LogP) is 9.43. The quantitative estimate of drug-likeness (QED) is 0.0215. The topological polar surface area (TPSA) is 177 Å². The lowest BCUT2D eigenvalue weighted by atomic mass is 9.90. The Balaban J connectivity index is 2.32. The van der Waals surface area contributed by atoms with E-state index in [0.717, 1.165) is 70.6 Å². The Morgan fingerprint density at radius 3 is 1.98 bits per heavy atom. The Morgan fingerprint density at radius 2 is 1.35 bits per heavy atom. The lowest BCUT2D eigenvalue weighted by molar-refractivity contribution is -0.161. The van der Waals surface area contributed by atoms with Gasteiger partial charge < -0.3 is 29.5 Å². The molecule has 0 spiro atoms. The first-order valence-electron chi connectivity index (χ1n) is 21.0. The molecule has 1 fully saturated rings. The van der Waals surface area contributed by atoms with Gasteiger partial charge in [-0.3, -0.25) is 18.9 Å². The summed E-state index contributed by atoms with van der Waals surface area (Å²) in [6.45, 7) is 3.20. The Morgan fingerprint density at radius 1 is 0.754 bits per heavy atom. The SMILES string of the molecule is CC/C=C\C/C=C\C/C=C\C/C=C\C/C=C\CCCCCC(=O)O[C@H](COC(=O)CCC/C=C\C[C@H]1[C@@H](O)CC(=O)[C@@H]1/C=C/[C@@H](O)CCCCC)COP(=O)(O)O. The molecule has 5 atom stereocenters. The average Bonchev–Trinajstić information content (AvgIpc) is 3.44. The number of phosphoric ester groups is 1. The van der Waals surface area contributed by atoms with Crippen LogP contribution in [0.1, 0.15) is 136 Å². The molecule has 0 aromatic carbocycles. The molecule has 1 saturated carbocycles. The normalized spacial score (nSPS) is 19.2. The number of unbranched alkanes of at least 4 members (excludes halogenated alkanes) is 6. The van der Waals surface area contributed by atoms with E-state index >= 15 is 0 Å². The van der Waals surface area contributed by atoms with Crippen molar-refractivity contribution in [1.82, 2.24) is 0 Å². The summed E-state index contributed by atoms with van der Waals surface area (Å²) < 4.78 is 26.3. The van der Waals surface area contributed by atoms with Crippen molar-refractivity contribution < 1.29 is 52.9 Å².